The number of carbonyl (C=O) groups excluding carboxylic acids is 1. The normalized spacial score (nSPS) is 12.2. The van der Waals surface area contributed by atoms with Gasteiger partial charge in [0.05, 0.1) is 5.69 Å². The summed E-state index contributed by atoms with van der Waals surface area (Å²) in [5, 5.41) is 0. The van der Waals surface area contributed by atoms with Crippen LogP contribution in [-0.4, -0.2) is 18.6 Å². The Hall–Kier alpha value is -1.93. The first-order valence-electron chi connectivity index (χ1n) is 4.74. The third-order valence-corrected chi connectivity index (χ3v) is 1.90. The van der Waals surface area contributed by atoms with Gasteiger partial charge in [0, 0.05) is 6.92 Å². The van der Waals surface area contributed by atoms with E-state index in [1.807, 2.05) is 0 Å². The van der Waals surface area contributed by atoms with E-state index in [9.17, 15) is 31.1 Å². The van der Waals surface area contributed by atoms with E-state index in [0.29, 0.717) is 31.2 Å². The maximum absolute atomic E-state index is 12.5. The Labute approximate surface area is 103 Å². The molecule has 0 aliphatic rings. The average molecular weight is 287 g/mol. The minimum Gasteiger partial charge on any atom is -0.406 e. The van der Waals surface area contributed by atoms with Crippen LogP contribution in [0.2, 0.25) is 0 Å². The molecule has 0 N–H and O–H groups in total. The minimum absolute atomic E-state index is 0.496. The molecule has 1 aromatic rings. The zero-order valence-corrected chi connectivity index (χ0v) is 9.34. The molecule has 0 heterocycles. The van der Waals surface area contributed by atoms with E-state index in [-0.39, 0.29) is 0 Å². The molecule has 0 atom stereocenters. The standard InChI is InChI=1S/C10H7F6NO2/c1-6(18)17(9(11,12)13)7-2-4-8(5-3-7)19-10(14,15)16/h2-5H,1H3. The Balaban J connectivity index is 3.00. The van der Waals surface area contributed by atoms with Crippen LogP contribution in [-0.2, 0) is 4.79 Å². The van der Waals surface area contributed by atoms with Crippen LogP contribution in [0.25, 0.3) is 0 Å². The highest BCUT2D eigenvalue weighted by Crippen LogP contribution is 2.31. The Bertz CT molecular complexity index is 451. The van der Waals surface area contributed by atoms with Gasteiger partial charge in [-0.05, 0) is 24.3 Å². The molecule has 0 aliphatic heterocycles. The molecule has 1 rings (SSSR count). The van der Waals surface area contributed by atoms with Gasteiger partial charge in [0.15, 0.2) is 0 Å². The van der Waals surface area contributed by atoms with Crippen LogP contribution in [0.1, 0.15) is 6.92 Å². The van der Waals surface area contributed by atoms with E-state index in [0.717, 1.165) is 0 Å². The van der Waals surface area contributed by atoms with Gasteiger partial charge in [0.2, 0.25) is 5.91 Å². The van der Waals surface area contributed by atoms with Crippen molar-refractivity contribution in [2.24, 2.45) is 0 Å². The number of anilines is 1. The Kier molecular flexibility index (Phi) is 3.97. The monoisotopic (exact) mass is 287 g/mol. The number of halogens is 6. The predicted molar refractivity (Wildman–Crippen MR) is 52.3 cm³/mol. The molecule has 0 radical (unpaired) electrons. The highest BCUT2D eigenvalue weighted by molar-refractivity contribution is 5.92. The molecule has 0 aliphatic carbocycles. The fraction of sp³-hybridized carbons (Fsp3) is 0.300. The van der Waals surface area contributed by atoms with Gasteiger partial charge in [-0.15, -0.1) is 26.3 Å². The first-order valence-corrected chi connectivity index (χ1v) is 4.74. The number of carbonyl (C=O) groups is 1. The molecule has 0 unspecified atom stereocenters. The SMILES string of the molecule is CC(=O)N(c1ccc(OC(F)(F)F)cc1)C(F)(F)F. The first-order chi connectivity index (χ1) is 8.50. The number of hydrogen-bond acceptors (Lipinski definition) is 2. The van der Waals surface area contributed by atoms with Gasteiger partial charge in [-0.1, -0.05) is 0 Å². The molecule has 1 aromatic carbocycles. The van der Waals surface area contributed by atoms with Crippen LogP contribution in [0, 0.1) is 0 Å². The van der Waals surface area contributed by atoms with E-state index in [1.54, 1.807) is 0 Å². The summed E-state index contributed by atoms with van der Waals surface area (Å²) in [5.74, 6) is -1.99. The molecule has 0 saturated heterocycles. The largest absolute Gasteiger partial charge is 0.573 e. The lowest BCUT2D eigenvalue weighted by Crippen LogP contribution is -2.41. The van der Waals surface area contributed by atoms with Crippen molar-refractivity contribution >= 4 is 11.6 Å². The van der Waals surface area contributed by atoms with Crippen molar-refractivity contribution in [3.8, 4) is 5.75 Å². The first kappa shape index (κ1) is 15.1. The van der Waals surface area contributed by atoms with Crippen molar-refractivity contribution in [1.82, 2.24) is 0 Å². The van der Waals surface area contributed by atoms with Gasteiger partial charge in [-0.2, -0.15) is 0 Å². The molecule has 0 spiro atoms. The molecule has 106 valence electrons. The topological polar surface area (TPSA) is 29.5 Å². The number of amides is 1. The van der Waals surface area contributed by atoms with Gasteiger partial charge >= 0.3 is 12.7 Å². The Morgan fingerprint density at radius 1 is 1.05 bits per heavy atom. The smallest absolute Gasteiger partial charge is 0.406 e. The lowest BCUT2D eigenvalue weighted by Gasteiger charge is -2.23. The number of rotatable bonds is 2. The zero-order chi connectivity index (χ0) is 14.8. The van der Waals surface area contributed by atoms with Gasteiger partial charge in [0.25, 0.3) is 0 Å². The third-order valence-electron chi connectivity index (χ3n) is 1.90. The molecular weight excluding hydrogens is 280 g/mol. The maximum atomic E-state index is 12.5. The summed E-state index contributed by atoms with van der Waals surface area (Å²) in [5.41, 5.74) is -0.602. The third kappa shape index (κ3) is 4.34. The second-order valence-corrected chi connectivity index (χ2v) is 3.36. The summed E-state index contributed by atoms with van der Waals surface area (Å²) in [7, 11) is 0. The summed E-state index contributed by atoms with van der Waals surface area (Å²) < 4.78 is 76.6. The number of benzene rings is 1. The maximum Gasteiger partial charge on any atom is 0.573 e. The Morgan fingerprint density at radius 3 is 1.84 bits per heavy atom. The van der Waals surface area contributed by atoms with Crippen LogP contribution < -0.4 is 9.64 Å². The highest BCUT2D eigenvalue weighted by Gasteiger charge is 2.40. The summed E-state index contributed by atoms with van der Waals surface area (Å²) >= 11 is 0. The second kappa shape index (κ2) is 4.98. The van der Waals surface area contributed by atoms with Crippen molar-refractivity contribution in [2.45, 2.75) is 19.6 Å². The van der Waals surface area contributed by atoms with Gasteiger partial charge in [0.1, 0.15) is 5.75 Å². The van der Waals surface area contributed by atoms with E-state index < -0.39 is 34.9 Å². The van der Waals surface area contributed by atoms with Crippen molar-refractivity contribution < 1.29 is 35.9 Å². The molecule has 3 nitrogen and oxygen atoms in total. The quantitative estimate of drug-likeness (QED) is 0.616. The number of ether oxygens (including phenoxy) is 1. The molecule has 19 heavy (non-hydrogen) atoms. The second-order valence-electron chi connectivity index (χ2n) is 3.36. The summed E-state index contributed by atoms with van der Waals surface area (Å²) in [6.07, 6.45) is -9.90. The van der Waals surface area contributed by atoms with Gasteiger partial charge in [-0.25, -0.2) is 4.90 Å². The van der Waals surface area contributed by atoms with Crippen molar-refractivity contribution in [3.05, 3.63) is 24.3 Å². The number of nitrogens with zero attached hydrogens (tertiary/aromatic N) is 1. The van der Waals surface area contributed by atoms with E-state index in [2.05, 4.69) is 4.74 Å². The summed E-state index contributed by atoms with van der Waals surface area (Å²) in [6.45, 7) is 0.688. The van der Waals surface area contributed by atoms with E-state index in [4.69, 9.17) is 0 Å². The number of hydrogen-bond donors (Lipinski definition) is 0. The molecule has 0 aromatic heterocycles. The lowest BCUT2D eigenvalue weighted by atomic mass is 10.3. The molecule has 9 heteroatoms. The van der Waals surface area contributed by atoms with Crippen LogP contribution in [0.15, 0.2) is 24.3 Å². The van der Waals surface area contributed by atoms with Gasteiger partial charge < -0.3 is 4.74 Å². The minimum atomic E-state index is -4.96. The molecule has 0 bridgehead atoms. The van der Waals surface area contributed by atoms with Crippen LogP contribution in [0.4, 0.5) is 32.0 Å². The fourth-order valence-corrected chi connectivity index (χ4v) is 1.30. The number of alkyl halides is 6. The molecule has 0 fully saturated rings. The van der Waals surface area contributed by atoms with Crippen LogP contribution in [0.3, 0.4) is 0 Å². The fourth-order valence-electron chi connectivity index (χ4n) is 1.30. The van der Waals surface area contributed by atoms with Crippen molar-refractivity contribution in [1.29, 1.82) is 0 Å². The van der Waals surface area contributed by atoms with Crippen molar-refractivity contribution in [3.63, 3.8) is 0 Å². The van der Waals surface area contributed by atoms with Crippen LogP contribution >= 0.6 is 0 Å². The molecular formula is C10H7F6NO2. The van der Waals surface area contributed by atoms with E-state index >= 15 is 0 Å². The van der Waals surface area contributed by atoms with Gasteiger partial charge in [-0.3, -0.25) is 4.79 Å². The molecule has 1 amide bonds. The summed E-state index contributed by atoms with van der Waals surface area (Å²) in [4.78, 5) is 10.4. The Morgan fingerprint density at radius 2 is 1.53 bits per heavy atom. The summed E-state index contributed by atoms with van der Waals surface area (Å²) in [6, 6.07) is 2.78. The zero-order valence-electron chi connectivity index (χ0n) is 9.34. The lowest BCUT2D eigenvalue weighted by molar-refractivity contribution is -0.274. The van der Waals surface area contributed by atoms with E-state index in [1.165, 1.54) is 0 Å². The predicted octanol–water partition coefficient (Wildman–Crippen LogP) is 3.46. The van der Waals surface area contributed by atoms with Crippen molar-refractivity contribution in [2.75, 3.05) is 4.90 Å². The average Bonchev–Trinajstić information content (AvgIpc) is 2.15. The highest BCUT2D eigenvalue weighted by atomic mass is 19.4. The van der Waals surface area contributed by atoms with Crippen LogP contribution in [0.5, 0.6) is 5.75 Å². The molecule has 0 saturated carbocycles.